The largest absolute Gasteiger partial charge is 0.361 e. The monoisotopic (exact) mass is 358 g/mol. The van der Waals surface area contributed by atoms with E-state index in [9.17, 15) is 4.79 Å². The predicted molar refractivity (Wildman–Crippen MR) is 94.6 cm³/mol. The van der Waals surface area contributed by atoms with Gasteiger partial charge in [-0.2, -0.15) is 0 Å². The molecule has 8 nitrogen and oxygen atoms in total. The van der Waals surface area contributed by atoms with Crippen molar-refractivity contribution in [3.8, 4) is 0 Å². The summed E-state index contributed by atoms with van der Waals surface area (Å²) in [4.78, 5) is 14.3. The lowest BCUT2D eigenvalue weighted by molar-refractivity contribution is 0.0776. The number of nitrogens with one attached hydrogen (secondary N) is 1. The summed E-state index contributed by atoms with van der Waals surface area (Å²) in [6.07, 6.45) is 8.38. The van der Waals surface area contributed by atoms with Crippen molar-refractivity contribution in [2.24, 2.45) is 5.92 Å². The molecule has 3 heterocycles. The van der Waals surface area contributed by atoms with Crippen molar-refractivity contribution < 1.29 is 9.32 Å². The molecule has 8 heteroatoms. The van der Waals surface area contributed by atoms with Crippen LogP contribution in [0.4, 0.5) is 0 Å². The number of fused-ring (bicyclic) bond motifs is 1. The lowest BCUT2D eigenvalue weighted by Gasteiger charge is -2.22. The number of hydrogen-bond acceptors (Lipinski definition) is 6. The molecule has 0 aromatic carbocycles. The lowest BCUT2D eigenvalue weighted by Crippen LogP contribution is -2.32. The number of amides is 1. The van der Waals surface area contributed by atoms with Crippen LogP contribution in [0.25, 0.3) is 0 Å². The number of carbonyl (C=O) groups excluding carboxylic acids is 1. The van der Waals surface area contributed by atoms with Crippen molar-refractivity contribution in [3.05, 3.63) is 28.9 Å². The van der Waals surface area contributed by atoms with Crippen LogP contribution in [-0.4, -0.2) is 51.1 Å². The third kappa shape index (κ3) is 3.65. The van der Waals surface area contributed by atoms with Gasteiger partial charge in [-0.05, 0) is 51.1 Å². The zero-order valence-corrected chi connectivity index (χ0v) is 15.3. The van der Waals surface area contributed by atoms with Crippen LogP contribution in [0, 0.1) is 5.92 Å². The molecule has 1 aliphatic heterocycles. The van der Waals surface area contributed by atoms with Gasteiger partial charge in [0, 0.05) is 25.6 Å². The summed E-state index contributed by atoms with van der Waals surface area (Å²) in [6.45, 7) is 3.33. The highest BCUT2D eigenvalue weighted by Crippen LogP contribution is 2.25. The van der Waals surface area contributed by atoms with Gasteiger partial charge in [0.1, 0.15) is 11.5 Å². The maximum atomic E-state index is 12.7. The maximum absolute atomic E-state index is 12.7. The molecular formula is C18H26N6O2. The number of hydrogen-bond donors (Lipinski definition) is 1. The summed E-state index contributed by atoms with van der Waals surface area (Å²) < 4.78 is 7.22. The molecule has 0 saturated carbocycles. The van der Waals surface area contributed by atoms with Gasteiger partial charge in [-0.15, -0.1) is 5.10 Å². The van der Waals surface area contributed by atoms with E-state index in [1.165, 1.54) is 18.4 Å². The van der Waals surface area contributed by atoms with Crippen molar-refractivity contribution in [2.75, 3.05) is 20.1 Å². The summed E-state index contributed by atoms with van der Waals surface area (Å²) in [5, 5.41) is 15.8. The Kier molecular flexibility index (Phi) is 5.01. The Morgan fingerprint density at radius 2 is 2.27 bits per heavy atom. The second kappa shape index (κ2) is 7.57. The van der Waals surface area contributed by atoms with Gasteiger partial charge >= 0.3 is 0 Å². The standard InChI is InChI=1S/C18H26N6O2/c1-23(11-15-14-6-2-3-7-17(14)26-21-15)18(25)16-12-24(22-20-16)10-13-5-4-8-19-9-13/h12-13,19H,2-11H2,1H3/t13-/m1/s1. The SMILES string of the molecule is CN(Cc1noc2c1CCCC2)C(=O)c1cn(C[C@@H]2CCCNC2)nn1. The van der Waals surface area contributed by atoms with E-state index < -0.39 is 0 Å². The highest BCUT2D eigenvalue weighted by molar-refractivity contribution is 5.91. The van der Waals surface area contributed by atoms with E-state index in [0.717, 1.165) is 56.8 Å². The van der Waals surface area contributed by atoms with Gasteiger partial charge in [-0.25, -0.2) is 0 Å². The summed E-state index contributed by atoms with van der Waals surface area (Å²) in [5.74, 6) is 1.40. The van der Waals surface area contributed by atoms with Gasteiger partial charge in [0.05, 0.1) is 12.7 Å². The molecule has 0 bridgehead atoms. The molecule has 1 atom stereocenters. The van der Waals surface area contributed by atoms with Gasteiger partial charge < -0.3 is 14.7 Å². The molecule has 1 saturated heterocycles. The van der Waals surface area contributed by atoms with Crippen LogP contribution in [0.3, 0.4) is 0 Å². The Labute approximate surface area is 152 Å². The average Bonchev–Trinajstić information content (AvgIpc) is 3.29. The first-order valence-electron chi connectivity index (χ1n) is 9.53. The summed E-state index contributed by atoms with van der Waals surface area (Å²) in [7, 11) is 1.77. The molecule has 140 valence electrons. The molecule has 0 unspecified atom stereocenters. The minimum absolute atomic E-state index is 0.134. The minimum Gasteiger partial charge on any atom is -0.361 e. The Bertz CT molecular complexity index is 762. The van der Waals surface area contributed by atoms with E-state index in [2.05, 4.69) is 20.8 Å². The number of aryl methyl sites for hydroxylation is 1. The number of piperidine rings is 1. The summed E-state index contributed by atoms with van der Waals surface area (Å²) in [6, 6.07) is 0. The predicted octanol–water partition coefficient (Wildman–Crippen LogP) is 1.42. The van der Waals surface area contributed by atoms with Gasteiger partial charge in [0.15, 0.2) is 5.69 Å². The fraction of sp³-hybridized carbons (Fsp3) is 0.667. The van der Waals surface area contributed by atoms with Crippen molar-refractivity contribution >= 4 is 5.91 Å². The fourth-order valence-corrected chi connectivity index (χ4v) is 3.90. The normalized spacial score (nSPS) is 20.0. The first-order valence-corrected chi connectivity index (χ1v) is 9.53. The van der Waals surface area contributed by atoms with Crippen molar-refractivity contribution in [1.29, 1.82) is 0 Å². The quantitative estimate of drug-likeness (QED) is 0.869. The molecule has 2 aliphatic rings. The zero-order chi connectivity index (χ0) is 17.9. The van der Waals surface area contributed by atoms with Gasteiger partial charge in [-0.3, -0.25) is 9.48 Å². The third-order valence-electron chi connectivity index (χ3n) is 5.37. The van der Waals surface area contributed by atoms with E-state index in [1.807, 2.05) is 0 Å². The van der Waals surface area contributed by atoms with Crippen molar-refractivity contribution in [1.82, 2.24) is 30.4 Å². The maximum Gasteiger partial charge on any atom is 0.276 e. The van der Waals surface area contributed by atoms with E-state index in [1.54, 1.807) is 22.8 Å². The van der Waals surface area contributed by atoms with Crippen molar-refractivity contribution in [2.45, 2.75) is 51.6 Å². The second-order valence-corrected chi connectivity index (χ2v) is 7.44. The average molecular weight is 358 g/mol. The smallest absolute Gasteiger partial charge is 0.276 e. The summed E-state index contributed by atoms with van der Waals surface area (Å²) >= 11 is 0. The molecule has 1 amide bonds. The van der Waals surface area contributed by atoms with Crippen LogP contribution in [0.1, 0.15) is 53.2 Å². The molecule has 4 rings (SSSR count). The van der Waals surface area contributed by atoms with E-state index in [-0.39, 0.29) is 5.91 Å². The molecule has 2 aromatic heterocycles. The topological polar surface area (TPSA) is 89.1 Å². The summed E-state index contributed by atoms with van der Waals surface area (Å²) in [5.41, 5.74) is 2.44. The highest BCUT2D eigenvalue weighted by Gasteiger charge is 2.23. The van der Waals surface area contributed by atoms with Crippen LogP contribution in [-0.2, 0) is 25.9 Å². The van der Waals surface area contributed by atoms with Crippen LogP contribution in [0.15, 0.2) is 10.7 Å². The van der Waals surface area contributed by atoms with Crippen LogP contribution in [0.5, 0.6) is 0 Å². The first-order chi connectivity index (χ1) is 12.7. The molecule has 2 aromatic rings. The molecule has 0 spiro atoms. The Balaban J connectivity index is 1.38. The third-order valence-corrected chi connectivity index (χ3v) is 5.37. The number of nitrogens with zero attached hydrogens (tertiary/aromatic N) is 5. The molecular weight excluding hydrogens is 332 g/mol. The van der Waals surface area contributed by atoms with Crippen LogP contribution < -0.4 is 5.32 Å². The molecule has 26 heavy (non-hydrogen) atoms. The minimum atomic E-state index is -0.134. The highest BCUT2D eigenvalue weighted by atomic mass is 16.5. The Morgan fingerprint density at radius 3 is 3.12 bits per heavy atom. The molecule has 0 radical (unpaired) electrons. The van der Waals surface area contributed by atoms with Gasteiger partial charge in [0.2, 0.25) is 0 Å². The van der Waals surface area contributed by atoms with Gasteiger partial charge in [0.25, 0.3) is 5.91 Å². The second-order valence-electron chi connectivity index (χ2n) is 7.44. The van der Waals surface area contributed by atoms with E-state index in [4.69, 9.17) is 4.52 Å². The fourth-order valence-electron chi connectivity index (χ4n) is 3.90. The molecule has 1 N–H and O–H groups in total. The van der Waals surface area contributed by atoms with Crippen LogP contribution in [0.2, 0.25) is 0 Å². The van der Waals surface area contributed by atoms with Crippen LogP contribution >= 0.6 is 0 Å². The molecule has 1 aliphatic carbocycles. The van der Waals surface area contributed by atoms with E-state index >= 15 is 0 Å². The number of rotatable bonds is 5. The zero-order valence-electron chi connectivity index (χ0n) is 15.3. The Morgan fingerprint density at radius 1 is 1.38 bits per heavy atom. The van der Waals surface area contributed by atoms with Gasteiger partial charge in [-0.1, -0.05) is 10.4 Å². The van der Waals surface area contributed by atoms with Crippen molar-refractivity contribution in [3.63, 3.8) is 0 Å². The first kappa shape index (κ1) is 17.2. The number of carbonyl (C=O) groups is 1. The lowest BCUT2D eigenvalue weighted by atomic mass is 9.96. The number of aromatic nitrogens is 4. The van der Waals surface area contributed by atoms with E-state index in [0.29, 0.717) is 18.2 Å². The Hall–Kier alpha value is -2.22. The molecule has 1 fully saturated rings.